The third-order valence-electron chi connectivity index (χ3n) is 2.92. The molecule has 1 atom stereocenters. The van der Waals surface area contributed by atoms with Gasteiger partial charge < -0.3 is 4.74 Å². The topological polar surface area (TPSA) is 113 Å². The van der Waals surface area contributed by atoms with Crippen LogP contribution >= 0.6 is 0 Å². The van der Waals surface area contributed by atoms with Crippen molar-refractivity contribution in [3.63, 3.8) is 0 Å². The van der Waals surface area contributed by atoms with E-state index in [1.54, 1.807) is 6.92 Å². The molecule has 0 N–H and O–H groups in total. The quantitative estimate of drug-likeness (QED) is 0.447. The van der Waals surface area contributed by atoms with Gasteiger partial charge in [-0.2, -0.15) is 0 Å². The molecule has 0 saturated heterocycles. The number of benzene rings is 1. The highest BCUT2D eigenvalue weighted by Gasteiger charge is 2.25. The summed E-state index contributed by atoms with van der Waals surface area (Å²) in [7, 11) is 1.19. The predicted molar refractivity (Wildman–Crippen MR) is 69.1 cm³/mol. The predicted octanol–water partition coefficient (Wildman–Crippen LogP) is 1.83. The fraction of sp³-hybridized carbons (Fsp3) is 0.417. The smallest absolute Gasteiger partial charge is 0.306 e. The van der Waals surface area contributed by atoms with Crippen LogP contribution in [0.5, 0.6) is 0 Å². The van der Waals surface area contributed by atoms with Crippen LogP contribution in [0.1, 0.15) is 23.5 Å². The van der Waals surface area contributed by atoms with E-state index in [9.17, 15) is 25.0 Å². The van der Waals surface area contributed by atoms with Gasteiger partial charge in [0, 0.05) is 17.1 Å². The third kappa shape index (κ3) is 4.01. The van der Waals surface area contributed by atoms with Gasteiger partial charge in [-0.05, 0) is 18.1 Å². The van der Waals surface area contributed by atoms with Gasteiger partial charge in [0.2, 0.25) is 6.54 Å². The number of carbonyl (C=O) groups is 1. The van der Waals surface area contributed by atoms with Crippen LogP contribution in [0.25, 0.3) is 0 Å². The molecule has 0 heterocycles. The standard InChI is InChI=1S/C12H14N2O6/c1-8-3-4-10(14(18)19)6-11(8)9(7-13(16)17)5-12(15)20-2/h3-4,6,9H,5,7H2,1-2H3. The van der Waals surface area contributed by atoms with Crippen molar-refractivity contribution in [2.75, 3.05) is 13.7 Å². The molecule has 1 aromatic carbocycles. The van der Waals surface area contributed by atoms with Crippen molar-refractivity contribution in [1.82, 2.24) is 0 Å². The second-order valence-electron chi connectivity index (χ2n) is 4.29. The zero-order valence-corrected chi connectivity index (χ0v) is 11.1. The molecule has 20 heavy (non-hydrogen) atoms. The zero-order chi connectivity index (χ0) is 15.3. The van der Waals surface area contributed by atoms with Gasteiger partial charge in [-0.1, -0.05) is 6.07 Å². The molecule has 8 heteroatoms. The van der Waals surface area contributed by atoms with E-state index in [4.69, 9.17) is 0 Å². The molecule has 0 aromatic heterocycles. The summed E-state index contributed by atoms with van der Waals surface area (Å²) in [5, 5.41) is 21.5. The number of carbonyl (C=O) groups excluding carboxylic acids is 1. The summed E-state index contributed by atoms with van der Waals surface area (Å²) in [6, 6.07) is 4.10. The van der Waals surface area contributed by atoms with Crippen LogP contribution < -0.4 is 0 Å². The van der Waals surface area contributed by atoms with Crippen LogP contribution in [0.2, 0.25) is 0 Å². The average Bonchev–Trinajstić information content (AvgIpc) is 2.37. The largest absolute Gasteiger partial charge is 0.469 e. The number of nitro benzene ring substituents is 1. The number of non-ortho nitro benzene ring substituents is 1. The van der Waals surface area contributed by atoms with Gasteiger partial charge in [-0.15, -0.1) is 0 Å². The Morgan fingerprint density at radius 1 is 1.35 bits per heavy atom. The summed E-state index contributed by atoms with van der Waals surface area (Å²) in [5.74, 6) is -1.35. The van der Waals surface area contributed by atoms with Crippen LogP contribution in [-0.2, 0) is 9.53 Å². The Kier molecular flexibility index (Phi) is 5.13. The summed E-state index contributed by atoms with van der Waals surface area (Å²) in [4.78, 5) is 31.7. The fourth-order valence-corrected chi connectivity index (χ4v) is 1.92. The Hall–Kier alpha value is -2.51. The van der Waals surface area contributed by atoms with Crippen molar-refractivity contribution >= 4 is 11.7 Å². The number of nitro groups is 2. The normalized spacial score (nSPS) is 11.7. The Balaban J connectivity index is 3.17. The van der Waals surface area contributed by atoms with E-state index < -0.39 is 28.3 Å². The van der Waals surface area contributed by atoms with Crippen molar-refractivity contribution in [3.05, 3.63) is 49.6 Å². The maximum absolute atomic E-state index is 11.3. The summed E-state index contributed by atoms with van der Waals surface area (Å²) < 4.78 is 4.51. The molecule has 0 spiro atoms. The molecule has 108 valence electrons. The first-order valence-electron chi connectivity index (χ1n) is 5.78. The van der Waals surface area contributed by atoms with Gasteiger partial charge in [-0.25, -0.2) is 0 Å². The highest BCUT2D eigenvalue weighted by molar-refractivity contribution is 5.70. The SMILES string of the molecule is COC(=O)CC(C[N+](=O)[O-])c1cc([N+](=O)[O-])ccc1C. The monoisotopic (exact) mass is 282 g/mol. The summed E-state index contributed by atoms with van der Waals surface area (Å²) in [5.41, 5.74) is 0.913. The number of nitrogens with zero attached hydrogens (tertiary/aromatic N) is 2. The van der Waals surface area contributed by atoms with Crippen molar-refractivity contribution in [2.24, 2.45) is 0 Å². The molecule has 0 saturated carbocycles. The number of rotatable bonds is 6. The molecule has 0 amide bonds. The molecular weight excluding hydrogens is 268 g/mol. The van der Waals surface area contributed by atoms with Crippen molar-refractivity contribution < 1.29 is 19.4 Å². The third-order valence-corrected chi connectivity index (χ3v) is 2.92. The second kappa shape index (κ2) is 6.60. The zero-order valence-electron chi connectivity index (χ0n) is 11.1. The molecule has 0 radical (unpaired) electrons. The fourth-order valence-electron chi connectivity index (χ4n) is 1.92. The minimum absolute atomic E-state index is 0.163. The van der Waals surface area contributed by atoms with Crippen molar-refractivity contribution in [2.45, 2.75) is 19.3 Å². The van der Waals surface area contributed by atoms with Gasteiger partial charge in [-0.3, -0.25) is 25.0 Å². The van der Waals surface area contributed by atoms with Gasteiger partial charge in [0.1, 0.15) is 0 Å². The van der Waals surface area contributed by atoms with Crippen molar-refractivity contribution in [1.29, 1.82) is 0 Å². The van der Waals surface area contributed by atoms with Gasteiger partial charge in [0.25, 0.3) is 5.69 Å². The van der Waals surface area contributed by atoms with E-state index in [0.717, 1.165) is 0 Å². The van der Waals surface area contributed by atoms with Crippen LogP contribution in [-0.4, -0.2) is 29.5 Å². The molecule has 0 fully saturated rings. The first-order valence-corrected chi connectivity index (χ1v) is 5.78. The number of methoxy groups -OCH3 is 1. The maximum Gasteiger partial charge on any atom is 0.306 e. The highest BCUT2D eigenvalue weighted by Crippen LogP contribution is 2.27. The van der Waals surface area contributed by atoms with E-state index in [1.807, 2.05) is 0 Å². The van der Waals surface area contributed by atoms with Gasteiger partial charge in [0.15, 0.2) is 0 Å². The van der Waals surface area contributed by atoms with Crippen LogP contribution in [0.15, 0.2) is 18.2 Å². The molecule has 1 unspecified atom stereocenters. The number of aryl methyl sites for hydroxylation is 1. The summed E-state index contributed by atoms with van der Waals surface area (Å²) in [6.07, 6.45) is -0.195. The number of hydrogen-bond acceptors (Lipinski definition) is 6. The van der Waals surface area contributed by atoms with E-state index >= 15 is 0 Å². The van der Waals surface area contributed by atoms with Crippen molar-refractivity contribution in [3.8, 4) is 0 Å². The van der Waals surface area contributed by atoms with E-state index in [-0.39, 0.29) is 12.1 Å². The van der Waals surface area contributed by atoms with Gasteiger partial charge >= 0.3 is 5.97 Å². The van der Waals surface area contributed by atoms with Crippen LogP contribution in [0.3, 0.4) is 0 Å². The first-order chi connectivity index (χ1) is 9.35. The molecule has 0 aliphatic carbocycles. The van der Waals surface area contributed by atoms with Crippen LogP contribution in [0.4, 0.5) is 5.69 Å². The molecule has 0 aliphatic rings. The lowest BCUT2D eigenvalue weighted by Gasteiger charge is -2.14. The Labute approximate surface area is 114 Å². The molecule has 8 nitrogen and oxygen atoms in total. The molecule has 1 aromatic rings. The Morgan fingerprint density at radius 2 is 2.00 bits per heavy atom. The summed E-state index contributed by atoms with van der Waals surface area (Å²) >= 11 is 0. The minimum atomic E-state index is -0.752. The van der Waals surface area contributed by atoms with E-state index in [1.165, 1.54) is 25.3 Å². The summed E-state index contributed by atoms with van der Waals surface area (Å²) in [6.45, 7) is 1.19. The lowest BCUT2D eigenvalue weighted by atomic mass is 9.91. The minimum Gasteiger partial charge on any atom is -0.469 e. The second-order valence-corrected chi connectivity index (χ2v) is 4.29. The van der Waals surface area contributed by atoms with Gasteiger partial charge in [0.05, 0.1) is 24.4 Å². The van der Waals surface area contributed by atoms with Crippen LogP contribution in [0, 0.1) is 27.2 Å². The molecule has 1 rings (SSSR count). The Bertz CT molecular complexity index is 543. The molecular formula is C12H14N2O6. The molecule has 0 aliphatic heterocycles. The lowest BCUT2D eigenvalue weighted by Crippen LogP contribution is -2.18. The first kappa shape index (κ1) is 15.5. The maximum atomic E-state index is 11.3. The highest BCUT2D eigenvalue weighted by atomic mass is 16.6. The van der Waals surface area contributed by atoms with E-state index in [0.29, 0.717) is 11.1 Å². The average molecular weight is 282 g/mol. The van der Waals surface area contributed by atoms with E-state index in [2.05, 4.69) is 4.74 Å². The number of ether oxygens (including phenoxy) is 1. The molecule has 0 bridgehead atoms. The Morgan fingerprint density at radius 3 is 2.50 bits per heavy atom. The number of hydrogen-bond donors (Lipinski definition) is 0. The number of esters is 1. The lowest BCUT2D eigenvalue weighted by molar-refractivity contribution is -0.483.